The zero-order valence-corrected chi connectivity index (χ0v) is 18.0. The maximum Gasteiger partial charge on any atom is 0.227 e. The minimum absolute atomic E-state index is 0.0324. The normalized spacial score (nSPS) is 16.9. The summed E-state index contributed by atoms with van der Waals surface area (Å²) >= 11 is 0. The fourth-order valence-electron chi connectivity index (χ4n) is 3.94. The third-order valence-corrected chi connectivity index (χ3v) is 5.63. The first kappa shape index (κ1) is 21.2. The highest BCUT2D eigenvalue weighted by atomic mass is 16.5. The number of carbonyl (C=O) groups is 1. The van der Waals surface area contributed by atoms with Gasteiger partial charge in [-0.3, -0.25) is 14.7 Å². The van der Waals surface area contributed by atoms with E-state index in [2.05, 4.69) is 56.5 Å². The fraction of sp³-hybridized carbons (Fsp3) is 0.417. The second-order valence-electron chi connectivity index (χ2n) is 8.32. The summed E-state index contributed by atoms with van der Waals surface area (Å²) in [7, 11) is 0. The van der Waals surface area contributed by atoms with Crippen LogP contribution in [0.5, 0.6) is 0 Å². The van der Waals surface area contributed by atoms with Crippen molar-refractivity contribution in [3.63, 3.8) is 0 Å². The zero-order valence-electron chi connectivity index (χ0n) is 18.0. The molecule has 0 radical (unpaired) electrons. The van der Waals surface area contributed by atoms with Gasteiger partial charge in [0.15, 0.2) is 0 Å². The van der Waals surface area contributed by atoms with Gasteiger partial charge in [-0.05, 0) is 48.6 Å². The molecule has 0 unspecified atom stereocenters. The van der Waals surface area contributed by atoms with Gasteiger partial charge in [-0.25, -0.2) is 0 Å². The number of amides is 1. The first-order valence-electron chi connectivity index (χ1n) is 11.0. The Morgan fingerprint density at radius 2 is 1.94 bits per heavy atom. The molecule has 3 heterocycles. The highest BCUT2D eigenvalue weighted by Gasteiger charge is 2.16. The maximum atomic E-state index is 12.2. The fourth-order valence-corrected chi connectivity index (χ4v) is 3.94. The molecule has 1 amide bonds. The van der Waals surface area contributed by atoms with Gasteiger partial charge in [-0.2, -0.15) is 4.98 Å². The van der Waals surface area contributed by atoms with Crippen LogP contribution in [-0.4, -0.2) is 39.0 Å². The van der Waals surface area contributed by atoms with Crippen molar-refractivity contribution < 1.29 is 9.32 Å². The standard InChI is InChI=1S/C24H29N5O2/c1-18-3-2-14-29(16-18)17-20-6-4-19(5-7-20)15-26-22(30)8-9-23-27-24(28-31-23)21-10-12-25-13-11-21/h4-7,10-13,18H,2-3,8-9,14-17H2,1H3,(H,26,30)/t18-/m0/s1. The number of piperidine rings is 1. The van der Waals surface area contributed by atoms with Crippen molar-refractivity contribution in [2.75, 3.05) is 13.1 Å². The summed E-state index contributed by atoms with van der Waals surface area (Å²) in [5.74, 6) is 1.72. The van der Waals surface area contributed by atoms with Gasteiger partial charge in [-0.15, -0.1) is 0 Å². The van der Waals surface area contributed by atoms with E-state index >= 15 is 0 Å². The van der Waals surface area contributed by atoms with Gasteiger partial charge >= 0.3 is 0 Å². The molecule has 1 aliphatic rings. The van der Waals surface area contributed by atoms with Crippen LogP contribution in [-0.2, 0) is 24.3 Å². The molecule has 0 aliphatic carbocycles. The Morgan fingerprint density at radius 1 is 1.16 bits per heavy atom. The van der Waals surface area contributed by atoms with Gasteiger partial charge in [0, 0.05) is 50.4 Å². The summed E-state index contributed by atoms with van der Waals surface area (Å²) in [4.78, 5) is 23.1. The van der Waals surface area contributed by atoms with Gasteiger partial charge < -0.3 is 9.84 Å². The third kappa shape index (κ3) is 6.21. The lowest BCUT2D eigenvalue weighted by Crippen LogP contribution is -2.33. The van der Waals surface area contributed by atoms with Crippen molar-refractivity contribution in [3.05, 3.63) is 65.8 Å². The summed E-state index contributed by atoms with van der Waals surface area (Å²) in [5, 5.41) is 6.93. The summed E-state index contributed by atoms with van der Waals surface area (Å²) in [5.41, 5.74) is 3.26. The van der Waals surface area contributed by atoms with E-state index in [0.29, 0.717) is 31.1 Å². The number of hydrogen-bond acceptors (Lipinski definition) is 6. The predicted octanol–water partition coefficient (Wildman–Crippen LogP) is 3.61. The summed E-state index contributed by atoms with van der Waals surface area (Å²) < 4.78 is 5.25. The van der Waals surface area contributed by atoms with Crippen LogP contribution in [0.4, 0.5) is 0 Å². The molecular formula is C24H29N5O2. The minimum Gasteiger partial charge on any atom is -0.352 e. The van der Waals surface area contributed by atoms with Crippen LogP contribution in [0.25, 0.3) is 11.4 Å². The first-order chi connectivity index (χ1) is 15.2. The second-order valence-corrected chi connectivity index (χ2v) is 8.32. The molecule has 1 saturated heterocycles. The number of carbonyl (C=O) groups excluding carboxylic acids is 1. The molecule has 1 atom stereocenters. The Balaban J connectivity index is 1.20. The molecule has 1 aliphatic heterocycles. The van der Waals surface area contributed by atoms with Crippen LogP contribution in [0.2, 0.25) is 0 Å². The lowest BCUT2D eigenvalue weighted by molar-refractivity contribution is -0.121. The predicted molar refractivity (Wildman–Crippen MR) is 118 cm³/mol. The number of nitrogens with one attached hydrogen (secondary N) is 1. The summed E-state index contributed by atoms with van der Waals surface area (Å²) in [6, 6.07) is 12.2. The average molecular weight is 420 g/mol. The van der Waals surface area contributed by atoms with Gasteiger partial charge in [0.05, 0.1) is 0 Å². The topological polar surface area (TPSA) is 84.2 Å². The quantitative estimate of drug-likeness (QED) is 0.600. The smallest absolute Gasteiger partial charge is 0.227 e. The highest BCUT2D eigenvalue weighted by Crippen LogP contribution is 2.18. The van der Waals surface area contributed by atoms with Crippen molar-refractivity contribution in [1.82, 2.24) is 25.3 Å². The van der Waals surface area contributed by atoms with Gasteiger partial charge in [-0.1, -0.05) is 36.3 Å². The summed E-state index contributed by atoms with van der Waals surface area (Å²) in [6.45, 7) is 6.22. The molecule has 7 heteroatoms. The molecule has 1 aromatic carbocycles. The van der Waals surface area contributed by atoms with Gasteiger partial charge in [0.25, 0.3) is 0 Å². The Morgan fingerprint density at radius 3 is 2.71 bits per heavy atom. The zero-order chi connectivity index (χ0) is 21.5. The average Bonchev–Trinajstić information content (AvgIpc) is 3.27. The number of pyridine rings is 1. The Labute approximate surface area is 182 Å². The van der Waals surface area contributed by atoms with Gasteiger partial charge in [0.2, 0.25) is 17.6 Å². The van der Waals surface area contributed by atoms with E-state index in [1.807, 2.05) is 12.1 Å². The van der Waals surface area contributed by atoms with E-state index in [9.17, 15) is 4.79 Å². The molecule has 1 fully saturated rings. The number of likely N-dealkylation sites (tertiary alicyclic amines) is 1. The number of hydrogen-bond donors (Lipinski definition) is 1. The Kier molecular flexibility index (Phi) is 7.04. The van der Waals surface area contributed by atoms with Gasteiger partial charge in [0.1, 0.15) is 0 Å². The highest BCUT2D eigenvalue weighted by molar-refractivity contribution is 5.76. The number of nitrogens with zero attached hydrogens (tertiary/aromatic N) is 4. The van der Waals surface area contributed by atoms with Crippen molar-refractivity contribution in [2.45, 2.75) is 45.7 Å². The van der Waals surface area contributed by atoms with E-state index in [4.69, 9.17) is 4.52 Å². The van der Waals surface area contributed by atoms with Crippen LogP contribution >= 0.6 is 0 Å². The van der Waals surface area contributed by atoms with Crippen molar-refractivity contribution in [2.24, 2.45) is 5.92 Å². The Hall–Kier alpha value is -3.06. The molecule has 0 saturated carbocycles. The lowest BCUT2D eigenvalue weighted by atomic mass is 9.99. The molecular weight excluding hydrogens is 390 g/mol. The minimum atomic E-state index is -0.0324. The molecule has 0 spiro atoms. The number of aromatic nitrogens is 3. The van der Waals surface area contributed by atoms with Crippen LogP contribution in [0.15, 0.2) is 53.3 Å². The van der Waals surface area contributed by atoms with E-state index in [1.54, 1.807) is 12.4 Å². The Bertz CT molecular complexity index is 971. The molecule has 162 valence electrons. The molecule has 31 heavy (non-hydrogen) atoms. The van der Waals surface area contributed by atoms with Crippen LogP contribution < -0.4 is 5.32 Å². The second kappa shape index (κ2) is 10.3. The van der Waals surface area contributed by atoms with E-state index in [1.165, 1.54) is 31.5 Å². The van der Waals surface area contributed by atoms with E-state index in [0.717, 1.165) is 23.6 Å². The van der Waals surface area contributed by atoms with Crippen LogP contribution in [0.1, 0.15) is 43.2 Å². The van der Waals surface area contributed by atoms with E-state index in [-0.39, 0.29) is 5.91 Å². The largest absolute Gasteiger partial charge is 0.352 e. The molecule has 2 aromatic heterocycles. The van der Waals surface area contributed by atoms with Crippen molar-refractivity contribution >= 4 is 5.91 Å². The monoisotopic (exact) mass is 419 g/mol. The molecule has 0 bridgehead atoms. The summed E-state index contributed by atoms with van der Waals surface area (Å²) in [6.07, 6.45) is 6.72. The van der Waals surface area contributed by atoms with Crippen LogP contribution in [0.3, 0.4) is 0 Å². The molecule has 4 rings (SSSR count). The van der Waals surface area contributed by atoms with Crippen molar-refractivity contribution in [3.8, 4) is 11.4 Å². The SMILES string of the molecule is C[C@H]1CCCN(Cc2ccc(CNC(=O)CCc3nc(-c4ccncc4)no3)cc2)C1. The number of aryl methyl sites for hydroxylation is 1. The number of rotatable bonds is 8. The van der Waals surface area contributed by atoms with Crippen molar-refractivity contribution in [1.29, 1.82) is 0 Å². The molecule has 3 aromatic rings. The molecule has 1 N–H and O–H groups in total. The van der Waals surface area contributed by atoms with Crippen LogP contribution in [0, 0.1) is 5.92 Å². The molecule has 7 nitrogen and oxygen atoms in total. The number of benzene rings is 1. The van der Waals surface area contributed by atoms with E-state index < -0.39 is 0 Å². The lowest BCUT2D eigenvalue weighted by Gasteiger charge is -2.30. The third-order valence-electron chi connectivity index (χ3n) is 5.63. The maximum absolute atomic E-state index is 12.2. The first-order valence-corrected chi connectivity index (χ1v) is 11.0.